The van der Waals surface area contributed by atoms with Gasteiger partial charge in [-0.05, 0) is 19.8 Å². The number of likely N-dealkylation sites (tertiary alicyclic amines) is 1. The van der Waals surface area contributed by atoms with Crippen molar-refractivity contribution in [3.63, 3.8) is 0 Å². The van der Waals surface area contributed by atoms with Gasteiger partial charge in [-0.2, -0.15) is 0 Å². The number of carbonyl (C=O) groups is 2. The molecule has 2 amide bonds. The van der Waals surface area contributed by atoms with E-state index in [4.69, 9.17) is 0 Å². The Balaban J connectivity index is 1.69. The Labute approximate surface area is 152 Å². The van der Waals surface area contributed by atoms with Crippen molar-refractivity contribution in [2.75, 3.05) is 20.6 Å². The highest BCUT2D eigenvalue weighted by Crippen LogP contribution is 2.25. The van der Waals surface area contributed by atoms with Gasteiger partial charge in [-0.15, -0.1) is 11.3 Å². The van der Waals surface area contributed by atoms with Gasteiger partial charge in [0, 0.05) is 31.6 Å². The van der Waals surface area contributed by atoms with Gasteiger partial charge >= 0.3 is 0 Å². The summed E-state index contributed by atoms with van der Waals surface area (Å²) in [7, 11) is 3.47. The van der Waals surface area contributed by atoms with Gasteiger partial charge in [0.1, 0.15) is 11.0 Å². The molecule has 2 aromatic rings. The van der Waals surface area contributed by atoms with E-state index in [2.05, 4.69) is 24.0 Å². The standard InChI is InChI=1S/C19H23N3O2S/c1-13-6-8-14(9-7-13)18-20-15(12-25-18)11-17(23)22-10-4-5-16(22)19(24)21(2)3/h6-9,12,16H,4-5,10-11H2,1-3H3. The highest BCUT2D eigenvalue weighted by atomic mass is 32.1. The fraction of sp³-hybridized carbons (Fsp3) is 0.421. The number of benzene rings is 1. The van der Waals surface area contributed by atoms with E-state index in [1.165, 1.54) is 5.56 Å². The third-order valence-electron chi connectivity index (χ3n) is 4.48. The number of likely N-dealkylation sites (N-methyl/N-ethyl adjacent to an activating group) is 1. The molecule has 1 fully saturated rings. The Hall–Kier alpha value is -2.21. The Morgan fingerprint density at radius 1 is 1.28 bits per heavy atom. The molecular formula is C19H23N3O2S. The highest BCUT2D eigenvalue weighted by molar-refractivity contribution is 7.13. The van der Waals surface area contributed by atoms with Crippen molar-refractivity contribution in [3.8, 4) is 10.6 Å². The van der Waals surface area contributed by atoms with Crippen molar-refractivity contribution < 1.29 is 9.59 Å². The third kappa shape index (κ3) is 3.90. The molecule has 0 spiro atoms. The number of rotatable bonds is 4. The molecule has 3 rings (SSSR count). The Bertz CT molecular complexity index is 767. The van der Waals surface area contributed by atoms with Crippen LogP contribution in [-0.4, -0.2) is 53.3 Å². The molecule has 5 nitrogen and oxygen atoms in total. The topological polar surface area (TPSA) is 53.5 Å². The zero-order valence-corrected chi connectivity index (χ0v) is 15.7. The summed E-state index contributed by atoms with van der Waals surface area (Å²) < 4.78 is 0. The van der Waals surface area contributed by atoms with Gasteiger partial charge in [0.15, 0.2) is 0 Å². The monoisotopic (exact) mass is 357 g/mol. The molecule has 1 aliphatic rings. The van der Waals surface area contributed by atoms with Crippen molar-refractivity contribution in [1.29, 1.82) is 0 Å². The number of hydrogen-bond acceptors (Lipinski definition) is 4. The molecule has 1 aromatic carbocycles. The minimum absolute atomic E-state index is 0.00414. The minimum atomic E-state index is -0.322. The fourth-order valence-corrected chi connectivity index (χ4v) is 3.92. The summed E-state index contributed by atoms with van der Waals surface area (Å²) in [6.45, 7) is 2.70. The molecule has 0 N–H and O–H groups in total. The Morgan fingerprint density at radius 3 is 2.68 bits per heavy atom. The number of carbonyl (C=O) groups excluding carboxylic acids is 2. The first-order valence-electron chi connectivity index (χ1n) is 8.48. The molecule has 25 heavy (non-hydrogen) atoms. The Morgan fingerprint density at radius 2 is 2.00 bits per heavy atom. The summed E-state index contributed by atoms with van der Waals surface area (Å²) in [6.07, 6.45) is 1.87. The van der Waals surface area contributed by atoms with Gasteiger partial charge in [-0.3, -0.25) is 9.59 Å². The van der Waals surface area contributed by atoms with Gasteiger partial charge in [0.2, 0.25) is 11.8 Å². The van der Waals surface area contributed by atoms with Gasteiger partial charge in [-0.1, -0.05) is 29.8 Å². The molecule has 1 atom stereocenters. The third-order valence-corrected chi connectivity index (χ3v) is 5.42. The predicted octanol–water partition coefficient (Wildman–Crippen LogP) is 2.74. The summed E-state index contributed by atoms with van der Waals surface area (Å²) in [4.78, 5) is 32.8. The quantitative estimate of drug-likeness (QED) is 0.845. The van der Waals surface area contributed by atoms with Crippen LogP contribution in [0.3, 0.4) is 0 Å². The Kier molecular flexibility index (Phi) is 5.18. The van der Waals surface area contributed by atoms with Crippen LogP contribution >= 0.6 is 11.3 Å². The van der Waals surface area contributed by atoms with Crippen LogP contribution < -0.4 is 0 Å². The second-order valence-corrected chi connectivity index (χ2v) is 7.52. The number of thiazole rings is 1. The van der Waals surface area contributed by atoms with E-state index in [1.54, 1.807) is 35.2 Å². The maximum Gasteiger partial charge on any atom is 0.244 e. The normalized spacial score (nSPS) is 16.9. The van der Waals surface area contributed by atoms with Crippen LogP contribution in [0.2, 0.25) is 0 Å². The van der Waals surface area contributed by atoms with Crippen LogP contribution in [0.4, 0.5) is 0 Å². The van der Waals surface area contributed by atoms with E-state index >= 15 is 0 Å². The van der Waals surface area contributed by atoms with E-state index in [0.29, 0.717) is 6.54 Å². The molecule has 132 valence electrons. The summed E-state index contributed by atoms with van der Waals surface area (Å²) in [5.74, 6) is -0.0112. The molecule has 0 radical (unpaired) electrons. The number of aromatic nitrogens is 1. The molecule has 1 aromatic heterocycles. The average molecular weight is 357 g/mol. The van der Waals surface area contributed by atoms with Crippen LogP contribution in [0.15, 0.2) is 29.6 Å². The first-order valence-corrected chi connectivity index (χ1v) is 9.36. The average Bonchev–Trinajstić information content (AvgIpc) is 3.24. The van der Waals surface area contributed by atoms with Crippen LogP contribution in [0, 0.1) is 6.92 Å². The van der Waals surface area contributed by atoms with Crippen LogP contribution in [0.5, 0.6) is 0 Å². The fourth-order valence-electron chi connectivity index (χ4n) is 3.09. The first-order chi connectivity index (χ1) is 12.0. The van der Waals surface area contributed by atoms with Crippen molar-refractivity contribution in [2.24, 2.45) is 0 Å². The van der Waals surface area contributed by atoms with Crippen molar-refractivity contribution in [1.82, 2.24) is 14.8 Å². The molecule has 1 aliphatic heterocycles. The zero-order chi connectivity index (χ0) is 18.0. The minimum Gasteiger partial charge on any atom is -0.347 e. The first kappa shape index (κ1) is 17.6. The van der Waals surface area contributed by atoms with Crippen molar-refractivity contribution in [2.45, 2.75) is 32.2 Å². The van der Waals surface area contributed by atoms with Crippen molar-refractivity contribution >= 4 is 23.2 Å². The van der Waals surface area contributed by atoms with Crippen LogP contribution in [0.25, 0.3) is 10.6 Å². The lowest BCUT2D eigenvalue weighted by Gasteiger charge is -2.26. The summed E-state index contributed by atoms with van der Waals surface area (Å²) >= 11 is 1.55. The molecule has 1 saturated heterocycles. The van der Waals surface area contributed by atoms with E-state index in [9.17, 15) is 9.59 Å². The number of amides is 2. The SMILES string of the molecule is Cc1ccc(-c2nc(CC(=O)N3CCCC3C(=O)N(C)C)cs2)cc1. The van der Waals surface area contributed by atoms with Gasteiger partial charge < -0.3 is 9.80 Å². The van der Waals surface area contributed by atoms with E-state index in [1.807, 2.05) is 17.5 Å². The maximum absolute atomic E-state index is 12.7. The maximum atomic E-state index is 12.7. The zero-order valence-electron chi connectivity index (χ0n) is 14.9. The highest BCUT2D eigenvalue weighted by Gasteiger charge is 2.34. The molecule has 0 aliphatic carbocycles. The lowest BCUT2D eigenvalue weighted by molar-refractivity contribution is -0.141. The number of hydrogen-bond donors (Lipinski definition) is 0. The van der Waals surface area contributed by atoms with Gasteiger partial charge in [-0.25, -0.2) is 4.98 Å². The lowest BCUT2D eigenvalue weighted by Crippen LogP contribution is -2.46. The second-order valence-electron chi connectivity index (χ2n) is 6.66. The van der Waals surface area contributed by atoms with Crippen LogP contribution in [0.1, 0.15) is 24.1 Å². The molecule has 6 heteroatoms. The second kappa shape index (κ2) is 7.35. The summed E-state index contributed by atoms with van der Waals surface area (Å²) in [5, 5.41) is 2.86. The molecular weight excluding hydrogens is 334 g/mol. The molecule has 2 heterocycles. The van der Waals surface area contributed by atoms with E-state index < -0.39 is 0 Å². The van der Waals surface area contributed by atoms with Gasteiger partial charge in [0.05, 0.1) is 12.1 Å². The number of aryl methyl sites for hydroxylation is 1. The molecule has 1 unspecified atom stereocenters. The summed E-state index contributed by atoms with van der Waals surface area (Å²) in [5.41, 5.74) is 3.05. The van der Waals surface area contributed by atoms with Crippen molar-refractivity contribution in [3.05, 3.63) is 40.9 Å². The lowest BCUT2D eigenvalue weighted by atomic mass is 10.1. The smallest absolute Gasteiger partial charge is 0.244 e. The van der Waals surface area contributed by atoms with E-state index in [-0.39, 0.29) is 24.3 Å². The number of nitrogens with zero attached hydrogens (tertiary/aromatic N) is 3. The summed E-state index contributed by atoms with van der Waals surface area (Å²) in [6, 6.07) is 7.89. The van der Waals surface area contributed by atoms with Crippen LogP contribution in [-0.2, 0) is 16.0 Å². The largest absolute Gasteiger partial charge is 0.347 e. The molecule has 0 saturated carbocycles. The predicted molar refractivity (Wildman–Crippen MR) is 99.4 cm³/mol. The molecule has 0 bridgehead atoms. The van der Waals surface area contributed by atoms with Gasteiger partial charge in [0.25, 0.3) is 0 Å². The van der Waals surface area contributed by atoms with E-state index in [0.717, 1.165) is 29.1 Å².